The lowest BCUT2D eigenvalue weighted by Crippen LogP contribution is -2.57. The third-order valence-electron chi connectivity index (χ3n) is 7.18. The first-order valence-corrected chi connectivity index (χ1v) is 9.13. The van der Waals surface area contributed by atoms with E-state index in [0.29, 0.717) is 12.3 Å². The van der Waals surface area contributed by atoms with E-state index in [1.165, 1.54) is 20.0 Å². The molecule has 0 spiro atoms. The van der Waals surface area contributed by atoms with Gasteiger partial charge in [-0.2, -0.15) is 0 Å². The van der Waals surface area contributed by atoms with Gasteiger partial charge < -0.3 is 14.6 Å². The van der Waals surface area contributed by atoms with Crippen LogP contribution in [0.1, 0.15) is 66.2 Å². The molecule has 2 saturated carbocycles. The topological polar surface area (TPSA) is 59.1 Å². The third kappa shape index (κ3) is 2.44. The summed E-state index contributed by atoms with van der Waals surface area (Å²) in [6, 6.07) is 0. The summed E-state index contributed by atoms with van der Waals surface area (Å²) in [7, 11) is 1.46. The molecule has 4 heteroatoms. The van der Waals surface area contributed by atoms with E-state index in [9.17, 15) is 9.90 Å². The highest BCUT2D eigenvalue weighted by Gasteiger charge is 2.76. The Bertz CT molecular complexity index is 486. The molecule has 4 nitrogen and oxygen atoms in total. The Hall–Kier alpha value is -0.610. The van der Waals surface area contributed by atoms with E-state index in [-0.39, 0.29) is 34.9 Å². The molecule has 1 heterocycles. The van der Waals surface area contributed by atoms with Crippen LogP contribution in [-0.2, 0) is 14.3 Å². The van der Waals surface area contributed by atoms with Gasteiger partial charge in [0.05, 0.1) is 19.3 Å². The van der Waals surface area contributed by atoms with Crippen LogP contribution < -0.4 is 0 Å². The standard InChI is InChI=1S/C19H32O4/c1-12(20)7-8-13-18(4)10-6-9-17(2,3)14(18)11-15-19(13,23-15)16(21)22-5/h12-15,20H,6-11H2,1-5H3/t12?,13-,14+,15+,18-,19-/m1/s1. The Kier molecular flexibility index (Phi) is 4.08. The molecule has 132 valence electrons. The van der Waals surface area contributed by atoms with Gasteiger partial charge >= 0.3 is 5.97 Å². The molecule has 6 atom stereocenters. The number of rotatable bonds is 4. The SMILES string of the molecule is COC(=O)[C@]12O[C@H]1C[C@H]1C(C)(C)CCC[C@]1(C)[C@H]2CCC(C)O. The summed E-state index contributed by atoms with van der Waals surface area (Å²) in [5.74, 6) is 0.495. The number of carbonyl (C=O) groups excluding carboxylic acids is 1. The average molecular weight is 324 g/mol. The molecule has 3 fully saturated rings. The van der Waals surface area contributed by atoms with Gasteiger partial charge in [-0.1, -0.05) is 27.2 Å². The van der Waals surface area contributed by atoms with Crippen molar-refractivity contribution in [2.45, 2.75) is 84.0 Å². The first-order valence-electron chi connectivity index (χ1n) is 9.13. The van der Waals surface area contributed by atoms with Crippen LogP contribution in [0, 0.1) is 22.7 Å². The summed E-state index contributed by atoms with van der Waals surface area (Å²) < 4.78 is 11.2. The third-order valence-corrected chi connectivity index (χ3v) is 7.18. The highest BCUT2D eigenvalue weighted by atomic mass is 16.7. The molecule has 3 aliphatic rings. The molecule has 0 aromatic heterocycles. The monoisotopic (exact) mass is 324 g/mol. The minimum atomic E-state index is -0.748. The van der Waals surface area contributed by atoms with Gasteiger partial charge in [-0.15, -0.1) is 0 Å². The second-order valence-corrected chi connectivity index (χ2v) is 9.01. The van der Waals surface area contributed by atoms with Gasteiger partial charge in [0, 0.05) is 5.92 Å². The maximum absolute atomic E-state index is 12.6. The van der Waals surface area contributed by atoms with Crippen molar-refractivity contribution in [3.8, 4) is 0 Å². The molecule has 23 heavy (non-hydrogen) atoms. The van der Waals surface area contributed by atoms with Crippen molar-refractivity contribution >= 4 is 5.97 Å². The quantitative estimate of drug-likeness (QED) is 0.637. The van der Waals surface area contributed by atoms with Gasteiger partial charge in [-0.05, 0) is 55.8 Å². The van der Waals surface area contributed by atoms with Gasteiger partial charge in [0.25, 0.3) is 0 Å². The Morgan fingerprint density at radius 3 is 2.65 bits per heavy atom. The summed E-state index contributed by atoms with van der Waals surface area (Å²) in [5.41, 5.74) is -0.384. The molecule has 0 radical (unpaired) electrons. The second kappa shape index (κ2) is 5.45. The first-order chi connectivity index (χ1) is 10.7. The molecule has 2 aliphatic carbocycles. The Balaban J connectivity index is 1.97. The van der Waals surface area contributed by atoms with E-state index in [1.54, 1.807) is 0 Å². The summed E-state index contributed by atoms with van der Waals surface area (Å²) in [4.78, 5) is 12.6. The molecule has 0 bridgehead atoms. The number of hydrogen-bond donors (Lipinski definition) is 1. The van der Waals surface area contributed by atoms with E-state index in [2.05, 4.69) is 20.8 Å². The summed E-state index contributed by atoms with van der Waals surface area (Å²) in [6.45, 7) is 8.92. The first kappa shape index (κ1) is 17.2. The van der Waals surface area contributed by atoms with Crippen molar-refractivity contribution in [2.24, 2.45) is 22.7 Å². The van der Waals surface area contributed by atoms with Crippen molar-refractivity contribution in [3.05, 3.63) is 0 Å². The lowest BCUT2D eigenvalue weighted by atomic mass is 9.46. The van der Waals surface area contributed by atoms with E-state index in [4.69, 9.17) is 9.47 Å². The molecule has 3 rings (SSSR count). The lowest BCUT2D eigenvalue weighted by Gasteiger charge is -2.57. The highest BCUT2D eigenvalue weighted by Crippen LogP contribution is 2.69. The zero-order chi connectivity index (χ0) is 17.0. The zero-order valence-electron chi connectivity index (χ0n) is 15.2. The molecule has 1 unspecified atom stereocenters. The Labute approximate surface area is 139 Å². The summed E-state index contributed by atoms with van der Waals surface area (Å²) in [6.07, 6.45) is 5.74. The second-order valence-electron chi connectivity index (χ2n) is 9.01. The van der Waals surface area contributed by atoms with Crippen LogP contribution in [0.25, 0.3) is 0 Å². The lowest BCUT2D eigenvalue weighted by molar-refractivity contribution is -0.159. The van der Waals surface area contributed by atoms with Gasteiger partial charge in [-0.3, -0.25) is 0 Å². The molecular formula is C19H32O4. The van der Waals surface area contributed by atoms with E-state index < -0.39 is 5.60 Å². The van der Waals surface area contributed by atoms with Crippen LogP contribution in [0.3, 0.4) is 0 Å². The van der Waals surface area contributed by atoms with Gasteiger partial charge in [0.1, 0.15) is 0 Å². The Morgan fingerprint density at radius 1 is 1.35 bits per heavy atom. The summed E-state index contributed by atoms with van der Waals surface area (Å²) in [5, 5.41) is 9.79. The number of hydrogen-bond acceptors (Lipinski definition) is 4. The fourth-order valence-electron chi connectivity index (χ4n) is 6.04. The van der Waals surface area contributed by atoms with E-state index in [0.717, 1.165) is 19.3 Å². The fourth-order valence-corrected chi connectivity index (χ4v) is 6.04. The van der Waals surface area contributed by atoms with Crippen molar-refractivity contribution in [1.29, 1.82) is 0 Å². The Morgan fingerprint density at radius 2 is 2.04 bits per heavy atom. The largest absolute Gasteiger partial charge is 0.467 e. The van der Waals surface area contributed by atoms with Gasteiger partial charge in [0.15, 0.2) is 5.60 Å². The van der Waals surface area contributed by atoms with Crippen LogP contribution >= 0.6 is 0 Å². The minimum Gasteiger partial charge on any atom is -0.467 e. The normalized spacial score (nSPS) is 45.6. The van der Waals surface area contributed by atoms with Crippen LogP contribution in [0.4, 0.5) is 0 Å². The molecule has 0 aromatic carbocycles. The van der Waals surface area contributed by atoms with Crippen molar-refractivity contribution in [2.75, 3.05) is 7.11 Å². The van der Waals surface area contributed by atoms with Crippen LogP contribution in [0.2, 0.25) is 0 Å². The van der Waals surface area contributed by atoms with E-state index in [1.807, 2.05) is 6.92 Å². The number of epoxide rings is 1. The number of aliphatic hydroxyl groups excluding tert-OH is 1. The maximum Gasteiger partial charge on any atom is 0.341 e. The van der Waals surface area contributed by atoms with Crippen molar-refractivity contribution in [1.82, 2.24) is 0 Å². The molecule has 1 N–H and O–H groups in total. The maximum atomic E-state index is 12.6. The highest BCUT2D eigenvalue weighted by molar-refractivity contribution is 5.84. The smallest absolute Gasteiger partial charge is 0.341 e. The van der Waals surface area contributed by atoms with Crippen molar-refractivity contribution in [3.63, 3.8) is 0 Å². The molecule has 1 aliphatic heterocycles. The minimum absolute atomic E-state index is 0.00407. The predicted molar refractivity (Wildman–Crippen MR) is 87.9 cm³/mol. The molecule has 0 amide bonds. The van der Waals surface area contributed by atoms with Crippen LogP contribution in [0.5, 0.6) is 0 Å². The van der Waals surface area contributed by atoms with Crippen molar-refractivity contribution < 1.29 is 19.4 Å². The number of carbonyl (C=O) groups is 1. The van der Waals surface area contributed by atoms with Gasteiger partial charge in [-0.25, -0.2) is 4.79 Å². The summed E-state index contributed by atoms with van der Waals surface area (Å²) >= 11 is 0. The number of fused-ring (bicyclic) bond motifs is 2. The zero-order valence-corrected chi connectivity index (χ0v) is 15.2. The number of methoxy groups -OCH3 is 1. The number of ether oxygens (including phenoxy) is 2. The molecular weight excluding hydrogens is 292 g/mol. The van der Waals surface area contributed by atoms with E-state index >= 15 is 0 Å². The molecule has 0 aromatic rings. The fraction of sp³-hybridized carbons (Fsp3) is 0.947. The molecule has 1 saturated heterocycles. The van der Waals surface area contributed by atoms with Gasteiger partial charge in [0.2, 0.25) is 0 Å². The average Bonchev–Trinajstić information content (AvgIpc) is 3.18. The number of esters is 1. The van der Waals surface area contributed by atoms with Crippen LogP contribution in [-0.4, -0.2) is 36.0 Å². The number of aliphatic hydroxyl groups is 1. The predicted octanol–water partition coefficient (Wildman–Crippen LogP) is 3.31. The van der Waals surface area contributed by atoms with Crippen LogP contribution in [0.15, 0.2) is 0 Å².